The highest BCUT2D eigenvalue weighted by Crippen LogP contribution is 2.20. The largest absolute Gasteiger partial charge is 0.481 e. The molecule has 94 valence electrons. The molecule has 1 fully saturated rings. The van der Waals surface area contributed by atoms with E-state index in [1.54, 1.807) is 0 Å². The molecular formula is C10H15N3O3S. The second-order valence-corrected chi connectivity index (χ2v) is 5.89. The third kappa shape index (κ3) is 2.41. The first-order valence-corrected chi connectivity index (χ1v) is 6.74. The van der Waals surface area contributed by atoms with Gasteiger partial charge >= 0.3 is 0 Å². The van der Waals surface area contributed by atoms with E-state index >= 15 is 0 Å². The smallest absolute Gasteiger partial charge is 0.244 e. The molecule has 0 spiro atoms. The number of aromatic nitrogens is 1. The summed E-state index contributed by atoms with van der Waals surface area (Å²) < 4.78 is 30.6. The van der Waals surface area contributed by atoms with Crippen LogP contribution in [0.5, 0.6) is 5.88 Å². The highest BCUT2D eigenvalue weighted by Gasteiger charge is 2.31. The number of sulfonamides is 1. The summed E-state index contributed by atoms with van der Waals surface area (Å²) >= 11 is 0. The molecule has 2 heterocycles. The molecule has 1 atom stereocenters. The second kappa shape index (κ2) is 4.59. The van der Waals surface area contributed by atoms with Crippen molar-refractivity contribution in [2.24, 2.45) is 5.73 Å². The Labute approximate surface area is 100 Å². The van der Waals surface area contributed by atoms with Gasteiger partial charge in [-0.2, -0.15) is 4.31 Å². The van der Waals surface area contributed by atoms with Gasteiger partial charge in [-0.15, -0.1) is 0 Å². The van der Waals surface area contributed by atoms with Crippen LogP contribution in [0.25, 0.3) is 0 Å². The zero-order valence-corrected chi connectivity index (χ0v) is 10.4. The lowest BCUT2D eigenvalue weighted by molar-refractivity contribution is 0.397. The highest BCUT2D eigenvalue weighted by atomic mass is 32.2. The van der Waals surface area contributed by atoms with Gasteiger partial charge in [0.05, 0.1) is 13.3 Å². The number of rotatable bonds is 3. The average molecular weight is 257 g/mol. The highest BCUT2D eigenvalue weighted by molar-refractivity contribution is 7.89. The van der Waals surface area contributed by atoms with E-state index in [4.69, 9.17) is 10.5 Å². The zero-order chi connectivity index (χ0) is 12.5. The maximum atomic E-state index is 12.2. The molecule has 1 saturated heterocycles. The van der Waals surface area contributed by atoms with Gasteiger partial charge in [0.2, 0.25) is 15.9 Å². The maximum Gasteiger partial charge on any atom is 0.244 e. The van der Waals surface area contributed by atoms with Crippen LogP contribution in [-0.4, -0.2) is 43.9 Å². The van der Waals surface area contributed by atoms with Crippen molar-refractivity contribution in [2.45, 2.75) is 17.4 Å². The minimum Gasteiger partial charge on any atom is -0.481 e. The van der Waals surface area contributed by atoms with Gasteiger partial charge in [-0.05, 0) is 12.5 Å². The third-order valence-electron chi connectivity index (χ3n) is 2.74. The van der Waals surface area contributed by atoms with E-state index in [1.165, 1.54) is 29.7 Å². The fraction of sp³-hybridized carbons (Fsp3) is 0.500. The number of nitrogens with two attached hydrogens (primary N) is 1. The van der Waals surface area contributed by atoms with E-state index in [-0.39, 0.29) is 10.9 Å². The molecule has 0 aliphatic carbocycles. The van der Waals surface area contributed by atoms with Gasteiger partial charge < -0.3 is 10.5 Å². The van der Waals surface area contributed by atoms with Crippen molar-refractivity contribution in [3.8, 4) is 5.88 Å². The van der Waals surface area contributed by atoms with Crippen LogP contribution in [0.4, 0.5) is 0 Å². The van der Waals surface area contributed by atoms with Crippen molar-refractivity contribution >= 4 is 10.0 Å². The van der Waals surface area contributed by atoms with Crippen LogP contribution < -0.4 is 10.5 Å². The van der Waals surface area contributed by atoms with E-state index in [9.17, 15) is 8.42 Å². The van der Waals surface area contributed by atoms with Gasteiger partial charge in [-0.3, -0.25) is 0 Å². The van der Waals surface area contributed by atoms with E-state index in [1.807, 2.05) is 0 Å². The summed E-state index contributed by atoms with van der Waals surface area (Å²) in [6.45, 7) is 0.837. The number of nitrogens with zero attached hydrogens (tertiary/aromatic N) is 2. The van der Waals surface area contributed by atoms with E-state index in [0.29, 0.717) is 25.4 Å². The maximum absolute atomic E-state index is 12.2. The Kier molecular flexibility index (Phi) is 3.32. The Morgan fingerprint density at radius 2 is 2.29 bits per heavy atom. The number of ether oxygens (including phenoxy) is 1. The van der Waals surface area contributed by atoms with Crippen LogP contribution in [0.3, 0.4) is 0 Å². The molecule has 0 aromatic carbocycles. The molecule has 1 aliphatic rings. The summed E-state index contributed by atoms with van der Waals surface area (Å²) in [5, 5.41) is 0. The molecule has 0 saturated carbocycles. The quantitative estimate of drug-likeness (QED) is 0.811. The summed E-state index contributed by atoms with van der Waals surface area (Å²) in [4.78, 5) is 4.07. The molecule has 6 nitrogen and oxygen atoms in total. The molecule has 17 heavy (non-hydrogen) atoms. The zero-order valence-electron chi connectivity index (χ0n) is 9.54. The first-order valence-electron chi connectivity index (χ1n) is 5.30. The molecule has 1 aromatic heterocycles. The van der Waals surface area contributed by atoms with E-state index in [2.05, 4.69) is 4.98 Å². The molecular weight excluding hydrogens is 242 g/mol. The van der Waals surface area contributed by atoms with Crippen molar-refractivity contribution in [3.05, 3.63) is 18.3 Å². The number of pyridine rings is 1. The Bertz CT molecular complexity index is 486. The fourth-order valence-electron chi connectivity index (χ4n) is 1.76. The lowest BCUT2D eigenvalue weighted by Crippen LogP contribution is -2.32. The number of hydrogen-bond acceptors (Lipinski definition) is 5. The van der Waals surface area contributed by atoms with Gasteiger partial charge in [0, 0.05) is 25.2 Å². The van der Waals surface area contributed by atoms with Crippen molar-refractivity contribution in [1.29, 1.82) is 0 Å². The molecule has 1 unspecified atom stereocenters. The van der Waals surface area contributed by atoms with Gasteiger partial charge in [-0.1, -0.05) is 0 Å². The monoisotopic (exact) mass is 257 g/mol. The van der Waals surface area contributed by atoms with Gasteiger partial charge in [0.15, 0.2) is 0 Å². The van der Waals surface area contributed by atoms with Crippen LogP contribution in [0.1, 0.15) is 6.42 Å². The second-order valence-electron chi connectivity index (χ2n) is 3.95. The van der Waals surface area contributed by atoms with Gasteiger partial charge in [0.1, 0.15) is 4.90 Å². The van der Waals surface area contributed by atoms with Crippen LogP contribution >= 0.6 is 0 Å². The molecule has 0 bridgehead atoms. The lowest BCUT2D eigenvalue weighted by atomic mass is 10.3. The Morgan fingerprint density at radius 3 is 2.76 bits per heavy atom. The van der Waals surface area contributed by atoms with E-state index in [0.717, 1.165) is 0 Å². The first kappa shape index (κ1) is 12.3. The standard InChI is InChI=1S/C10H15N3O3S/c1-16-10-3-2-9(6-12-10)17(14,15)13-5-4-8(11)7-13/h2-3,6,8H,4-5,7,11H2,1H3. The Balaban J connectivity index is 2.25. The van der Waals surface area contributed by atoms with Gasteiger partial charge in [-0.25, -0.2) is 13.4 Å². The van der Waals surface area contributed by atoms with Crippen LogP contribution in [0.2, 0.25) is 0 Å². The molecule has 2 rings (SSSR count). The summed E-state index contributed by atoms with van der Waals surface area (Å²) in [5.74, 6) is 0.391. The first-order chi connectivity index (χ1) is 8.04. The fourth-order valence-corrected chi connectivity index (χ4v) is 3.22. The van der Waals surface area contributed by atoms with Crippen molar-refractivity contribution in [1.82, 2.24) is 9.29 Å². The molecule has 0 amide bonds. The Hall–Kier alpha value is -1.18. The minimum absolute atomic E-state index is 0.0732. The number of hydrogen-bond donors (Lipinski definition) is 1. The van der Waals surface area contributed by atoms with Crippen molar-refractivity contribution in [2.75, 3.05) is 20.2 Å². The van der Waals surface area contributed by atoms with Crippen molar-refractivity contribution in [3.63, 3.8) is 0 Å². The predicted octanol–water partition coefficient (Wildman–Crippen LogP) is -0.188. The van der Waals surface area contributed by atoms with Crippen LogP contribution in [-0.2, 0) is 10.0 Å². The summed E-state index contributed by atoms with van der Waals surface area (Å²) in [7, 11) is -1.98. The van der Waals surface area contributed by atoms with Crippen LogP contribution in [0.15, 0.2) is 23.2 Å². The SMILES string of the molecule is COc1ccc(S(=O)(=O)N2CCC(N)C2)cn1. The molecule has 1 aromatic rings. The van der Waals surface area contributed by atoms with Gasteiger partial charge in [0.25, 0.3) is 0 Å². The van der Waals surface area contributed by atoms with Crippen molar-refractivity contribution < 1.29 is 13.2 Å². The molecule has 7 heteroatoms. The number of methoxy groups -OCH3 is 1. The average Bonchev–Trinajstić information content (AvgIpc) is 2.77. The Morgan fingerprint density at radius 1 is 1.53 bits per heavy atom. The molecule has 0 radical (unpaired) electrons. The normalized spacial score (nSPS) is 21.6. The van der Waals surface area contributed by atoms with Crippen LogP contribution in [0, 0.1) is 0 Å². The summed E-state index contributed by atoms with van der Waals surface area (Å²) in [5.41, 5.74) is 5.70. The minimum atomic E-state index is -3.46. The van der Waals surface area contributed by atoms with E-state index < -0.39 is 10.0 Å². The summed E-state index contributed by atoms with van der Waals surface area (Å²) in [6.07, 6.45) is 2.00. The third-order valence-corrected chi connectivity index (χ3v) is 4.59. The topological polar surface area (TPSA) is 85.5 Å². The predicted molar refractivity (Wildman–Crippen MR) is 62.1 cm³/mol. The summed E-state index contributed by atoms with van der Waals surface area (Å²) in [6, 6.07) is 2.95. The lowest BCUT2D eigenvalue weighted by Gasteiger charge is -2.15. The molecule has 1 aliphatic heterocycles. The molecule has 2 N–H and O–H groups in total.